The standard InChI is InChI=1S/C17H31NO2.ClH/c1-12(2)18-9-16(19)10-20-11-17-6-13-3-14(7-17)5-15(4-13)8-17;/h12-16,18-19H,3-11H2,1-2H3;1H. The molecule has 4 saturated carbocycles. The van der Waals surface area contributed by atoms with E-state index in [0.29, 0.717) is 24.6 Å². The van der Waals surface area contributed by atoms with Gasteiger partial charge in [-0.3, -0.25) is 0 Å². The maximum absolute atomic E-state index is 9.92. The van der Waals surface area contributed by atoms with Crippen LogP contribution in [-0.2, 0) is 4.74 Å². The molecule has 4 rings (SSSR count). The van der Waals surface area contributed by atoms with Gasteiger partial charge in [-0.25, -0.2) is 0 Å². The number of hydrogen-bond donors (Lipinski definition) is 2. The predicted octanol–water partition coefficient (Wildman–Crippen LogP) is 3.00. The Morgan fingerprint density at radius 3 is 2.10 bits per heavy atom. The van der Waals surface area contributed by atoms with Gasteiger partial charge in [-0.15, -0.1) is 12.4 Å². The van der Waals surface area contributed by atoms with E-state index in [1.165, 1.54) is 38.5 Å². The summed E-state index contributed by atoms with van der Waals surface area (Å²) in [5.41, 5.74) is 0.472. The van der Waals surface area contributed by atoms with Crippen molar-refractivity contribution in [2.75, 3.05) is 19.8 Å². The highest BCUT2D eigenvalue weighted by molar-refractivity contribution is 5.85. The molecule has 0 saturated heterocycles. The van der Waals surface area contributed by atoms with Crippen molar-refractivity contribution in [3.05, 3.63) is 0 Å². The molecule has 21 heavy (non-hydrogen) atoms. The first-order chi connectivity index (χ1) is 9.55. The van der Waals surface area contributed by atoms with Crippen LogP contribution < -0.4 is 5.32 Å². The zero-order valence-corrected chi connectivity index (χ0v) is 14.3. The third-order valence-corrected chi connectivity index (χ3v) is 5.65. The molecule has 0 aromatic heterocycles. The molecule has 4 aliphatic carbocycles. The second-order valence-electron chi connectivity index (χ2n) is 8.15. The van der Waals surface area contributed by atoms with Gasteiger partial charge in [-0.1, -0.05) is 13.8 Å². The molecule has 1 atom stereocenters. The Hall–Kier alpha value is 0.170. The first kappa shape index (κ1) is 17.5. The number of rotatable bonds is 7. The molecule has 0 aliphatic heterocycles. The summed E-state index contributed by atoms with van der Waals surface area (Å²) in [7, 11) is 0. The lowest BCUT2D eigenvalue weighted by Gasteiger charge is -2.56. The van der Waals surface area contributed by atoms with Crippen LogP contribution in [0.5, 0.6) is 0 Å². The zero-order chi connectivity index (χ0) is 14.2. The quantitative estimate of drug-likeness (QED) is 0.758. The lowest BCUT2D eigenvalue weighted by molar-refractivity contribution is -0.105. The molecule has 0 amide bonds. The highest BCUT2D eigenvalue weighted by Crippen LogP contribution is 2.59. The highest BCUT2D eigenvalue weighted by Gasteiger charge is 2.50. The van der Waals surface area contributed by atoms with Gasteiger partial charge in [0.2, 0.25) is 0 Å². The summed E-state index contributed by atoms with van der Waals surface area (Å²) in [6, 6.07) is 0.424. The fraction of sp³-hybridized carbons (Fsp3) is 1.00. The number of ether oxygens (including phenoxy) is 1. The maximum atomic E-state index is 9.92. The lowest BCUT2D eigenvalue weighted by Crippen LogP contribution is -2.48. The molecule has 4 fully saturated rings. The minimum Gasteiger partial charge on any atom is -0.389 e. The van der Waals surface area contributed by atoms with Crippen LogP contribution in [0.4, 0.5) is 0 Å². The Bertz CT molecular complexity index is 299. The predicted molar refractivity (Wildman–Crippen MR) is 87.8 cm³/mol. The van der Waals surface area contributed by atoms with E-state index in [-0.39, 0.29) is 18.5 Å². The molecular formula is C17H32ClNO2. The molecule has 124 valence electrons. The van der Waals surface area contributed by atoms with Crippen LogP contribution in [0.15, 0.2) is 0 Å². The van der Waals surface area contributed by atoms with Crippen LogP contribution in [0, 0.1) is 23.2 Å². The van der Waals surface area contributed by atoms with Gasteiger partial charge in [-0.2, -0.15) is 0 Å². The average molecular weight is 318 g/mol. The Labute approximate surface area is 135 Å². The number of aliphatic hydroxyl groups excluding tert-OH is 1. The number of halogens is 1. The van der Waals surface area contributed by atoms with Gasteiger partial charge in [0.05, 0.1) is 19.3 Å². The molecule has 4 heteroatoms. The first-order valence-corrected chi connectivity index (χ1v) is 8.54. The van der Waals surface area contributed by atoms with Gasteiger partial charge in [-0.05, 0) is 61.7 Å². The monoisotopic (exact) mass is 317 g/mol. The smallest absolute Gasteiger partial charge is 0.0897 e. The van der Waals surface area contributed by atoms with Gasteiger partial charge in [0, 0.05) is 12.6 Å². The van der Waals surface area contributed by atoms with Crippen molar-refractivity contribution in [1.29, 1.82) is 0 Å². The van der Waals surface area contributed by atoms with Crippen molar-refractivity contribution in [3.63, 3.8) is 0 Å². The van der Waals surface area contributed by atoms with E-state index in [0.717, 1.165) is 24.4 Å². The Kier molecular flexibility index (Phi) is 5.98. The van der Waals surface area contributed by atoms with Crippen LogP contribution in [0.3, 0.4) is 0 Å². The summed E-state index contributed by atoms with van der Waals surface area (Å²) in [5.74, 6) is 2.95. The van der Waals surface area contributed by atoms with Gasteiger partial charge in [0.15, 0.2) is 0 Å². The van der Waals surface area contributed by atoms with Gasteiger partial charge in [0.25, 0.3) is 0 Å². The van der Waals surface area contributed by atoms with Crippen molar-refractivity contribution in [2.24, 2.45) is 23.2 Å². The summed E-state index contributed by atoms with van der Waals surface area (Å²) in [6.07, 6.45) is 8.25. The minimum atomic E-state index is -0.369. The Balaban J connectivity index is 0.00000161. The first-order valence-electron chi connectivity index (χ1n) is 8.54. The number of nitrogens with one attached hydrogen (secondary N) is 1. The van der Waals surface area contributed by atoms with E-state index in [4.69, 9.17) is 4.74 Å². The molecule has 0 radical (unpaired) electrons. The molecule has 4 aliphatic rings. The molecule has 0 aromatic rings. The topological polar surface area (TPSA) is 41.5 Å². The maximum Gasteiger partial charge on any atom is 0.0897 e. The largest absolute Gasteiger partial charge is 0.389 e. The van der Waals surface area contributed by atoms with Gasteiger partial charge in [0.1, 0.15) is 0 Å². The highest BCUT2D eigenvalue weighted by atomic mass is 35.5. The SMILES string of the molecule is CC(C)NCC(O)COCC12CC3CC(CC(C3)C1)C2.Cl. The van der Waals surface area contributed by atoms with E-state index in [1.807, 2.05) is 0 Å². The van der Waals surface area contributed by atoms with Gasteiger partial charge >= 0.3 is 0 Å². The summed E-state index contributed by atoms with van der Waals surface area (Å²) < 4.78 is 5.92. The molecular weight excluding hydrogens is 286 g/mol. The van der Waals surface area contributed by atoms with Gasteiger partial charge < -0.3 is 15.2 Å². The zero-order valence-electron chi connectivity index (χ0n) is 13.5. The van der Waals surface area contributed by atoms with E-state index < -0.39 is 0 Å². The molecule has 1 unspecified atom stereocenters. The average Bonchev–Trinajstić information content (AvgIpc) is 2.34. The normalized spacial score (nSPS) is 38.6. The van der Waals surface area contributed by atoms with E-state index in [2.05, 4.69) is 19.2 Å². The van der Waals surface area contributed by atoms with Crippen LogP contribution >= 0.6 is 12.4 Å². The molecule has 3 nitrogen and oxygen atoms in total. The molecule has 0 spiro atoms. The van der Waals surface area contributed by atoms with E-state index >= 15 is 0 Å². The van der Waals surface area contributed by atoms with Crippen LogP contribution in [-0.4, -0.2) is 37.0 Å². The molecule has 4 bridgehead atoms. The third-order valence-electron chi connectivity index (χ3n) is 5.65. The van der Waals surface area contributed by atoms with E-state index in [1.54, 1.807) is 0 Å². The van der Waals surface area contributed by atoms with E-state index in [9.17, 15) is 5.11 Å². The number of hydrogen-bond acceptors (Lipinski definition) is 3. The van der Waals surface area contributed by atoms with Crippen LogP contribution in [0.1, 0.15) is 52.4 Å². The minimum absolute atomic E-state index is 0. The summed E-state index contributed by atoms with van der Waals surface area (Å²) in [5, 5.41) is 13.2. The second kappa shape index (κ2) is 7.16. The molecule has 2 N–H and O–H groups in total. The summed E-state index contributed by atoms with van der Waals surface area (Å²) in [4.78, 5) is 0. The van der Waals surface area contributed by atoms with Crippen molar-refractivity contribution >= 4 is 12.4 Å². The second-order valence-corrected chi connectivity index (χ2v) is 8.15. The Morgan fingerprint density at radius 2 is 1.62 bits per heavy atom. The molecule has 0 heterocycles. The van der Waals surface area contributed by atoms with Crippen molar-refractivity contribution in [1.82, 2.24) is 5.32 Å². The van der Waals surface area contributed by atoms with Crippen LogP contribution in [0.25, 0.3) is 0 Å². The van der Waals surface area contributed by atoms with Crippen LogP contribution in [0.2, 0.25) is 0 Å². The van der Waals surface area contributed by atoms with Crippen molar-refractivity contribution < 1.29 is 9.84 Å². The lowest BCUT2D eigenvalue weighted by atomic mass is 9.50. The number of aliphatic hydroxyl groups is 1. The fourth-order valence-corrected chi connectivity index (χ4v) is 5.31. The fourth-order valence-electron chi connectivity index (χ4n) is 5.31. The Morgan fingerprint density at radius 1 is 1.10 bits per heavy atom. The van der Waals surface area contributed by atoms with Crippen molar-refractivity contribution in [2.45, 2.75) is 64.5 Å². The van der Waals surface area contributed by atoms with Crippen molar-refractivity contribution in [3.8, 4) is 0 Å². The summed E-state index contributed by atoms with van der Waals surface area (Å²) >= 11 is 0. The third kappa shape index (κ3) is 4.34. The summed E-state index contributed by atoms with van der Waals surface area (Å²) in [6.45, 7) is 6.21. The molecule has 0 aromatic carbocycles.